The molecule has 3 rings (SSSR count). The monoisotopic (exact) mass is 350 g/mol. The maximum atomic E-state index is 14.2. The zero-order valence-corrected chi connectivity index (χ0v) is 13.6. The fourth-order valence-corrected chi connectivity index (χ4v) is 3.30. The molecule has 0 radical (unpaired) electrons. The predicted octanol–water partition coefficient (Wildman–Crippen LogP) is 3.39. The quantitative estimate of drug-likeness (QED) is 0.724. The summed E-state index contributed by atoms with van der Waals surface area (Å²) < 4.78 is 56.5. The lowest BCUT2D eigenvalue weighted by Gasteiger charge is -2.07. The van der Waals surface area contributed by atoms with Crippen molar-refractivity contribution in [2.45, 2.75) is 11.8 Å². The van der Waals surface area contributed by atoms with Crippen LogP contribution < -0.4 is 0 Å². The van der Waals surface area contributed by atoms with Gasteiger partial charge >= 0.3 is 0 Å². The lowest BCUT2D eigenvalue weighted by atomic mass is 10.00. The average molecular weight is 350 g/mol. The van der Waals surface area contributed by atoms with Crippen LogP contribution in [0.3, 0.4) is 0 Å². The van der Waals surface area contributed by atoms with Crippen LogP contribution in [-0.2, 0) is 9.84 Å². The van der Waals surface area contributed by atoms with Crippen LogP contribution in [0, 0.1) is 18.6 Å². The number of halogens is 2. The molecular weight excluding hydrogens is 338 g/mol. The second-order valence-corrected chi connectivity index (χ2v) is 7.20. The number of hydrogen-bond acceptors (Lipinski definition) is 5. The number of rotatable bonds is 3. The first-order valence-corrected chi connectivity index (χ1v) is 8.74. The number of aryl methyl sites for hydroxylation is 1. The summed E-state index contributed by atoms with van der Waals surface area (Å²) in [4.78, 5) is 3.02. The Bertz CT molecular complexity index is 992. The molecule has 0 N–H and O–H groups in total. The van der Waals surface area contributed by atoms with E-state index in [1.54, 1.807) is 31.5 Å². The summed E-state index contributed by atoms with van der Waals surface area (Å²) in [7, 11) is -4.02. The molecule has 0 aliphatic rings. The van der Waals surface area contributed by atoms with Crippen molar-refractivity contribution in [1.82, 2.24) is 10.1 Å². The SMILES string of the molecule is Cc1onc(-c2cccnc2)c1-c1cc(F)c(S(C)(=O)=O)c(F)c1. The van der Waals surface area contributed by atoms with E-state index in [9.17, 15) is 17.2 Å². The molecule has 0 saturated heterocycles. The van der Waals surface area contributed by atoms with Crippen molar-refractivity contribution in [2.75, 3.05) is 6.26 Å². The lowest BCUT2D eigenvalue weighted by molar-refractivity contribution is 0.400. The minimum atomic E-state index is -4.02. The number of pyridine rings is 1. The molecule has 0 unspecified atom stereocenters. The minimum absolute atomic E-state index is 0.134. The highest BCUT2D eigenvalue weighted by atomic mass is 32.2. The second kappa shape index (κ2) is 5.79. The van der Waals surface area contributed by atoms with Gasteiger partial charge in [-0.1, -0.05) is 5.16 Å². The molecule has 0 atom stereocenters. The number of sulfone groups is 1. The van der Waals surface area contributed by atoms with Gasteiger partial charge in [-0.2, -0.15) is 0 Å². The molecule has 5 nitrogen and oxygen atoms in total. The third-order valence-electron chi connectivity index (χ3n) is 3.46. The van der Waals surface area contributed by atoms with Crippen LogP contribution in [0.2, 0.25) is 0 Å². The first-order chi connectivity index (χ1) is 11.3. The normalized spacial score (nSPS) is 11.7. The Morgan fingerprint density at radius 3 is 2.33 bits per heavy atom. The highest BCUT2D eigenvalue weighted by Crippen LogP contribution is 2.36. The first kappa shape index (κ1) is 16.3. The fourth-order valence-electron chi connectivity index (χ4n) is 2.47. The van der Waals surface area contributed by atoms with E-state index >= 15 is 0 Å². The number of aromatic nitrogens is 2. The van der Waals surface area contributed by atoms with Crippen molar-refractivity contribution in [2.24, 2.45) is 0 Å². The summed E-state index contributed by atoms with van der Waals surface area (Å²) in [5.74, 6) is -1.98. The Morgan fingerprint density at radius 2 is 1.79 bits per heavy atom. The van der Waals surface area contributed by atoms with E-state index in [4.69, 9.17) is 4.52 Å². The Balaban J connectivity index is 2.24. The summed E-state index contributed by atoms with van der Waals surface area (Å²) in [5.41, 5.74) is 1.49. The standard InChI is InChI=1S/C16H12F2N2O3S/c1-9-14(15(20-23-9)10-4-3-5-19-8-10)11-6-12(17)16(13(18)7-11)24(2,21)22/h3-8H,1-2H3. The Kier molecular flexibility index (Phi) is 3.92. The van der Waals surface area contributed by atoms with E-state index in [2.05, 4.69) is 10.1 Å². The van der Waals surface area contributed by atoms with Crippen molar-refractivity contribution in [3.63, 3.8) is 0 Å². The van der Waals surface area contributed by atoms with Crippen molar-refractivity contribution >= 4 is 9.84 Å². The van der Waals surface area contributed by atoms with Crippen LogP contribution >= 0.6 is 0 Å². The third kappa shape index (κ3) is 2.80. The molecular formula is C16H12F2N2O3S. The third-order valence-corrected chi connectivity index (χ3v) is 4.59. The molecule has 1 aromatic carbocycles. The fraction of sp³-hybridized carbons (Fsp3) is 0.125. The largest absolute Gasteiger partial charge is 0.360 e. The summed E-state index contributed by atoms with van der Waals surface area (Å²) >= 11 is 0. The molecule has 24 heavy (non-hydrogen) atoms. The predicted molar refractivity (Wildman–Crippen MR) is 82.9 cm³/mol. The van der Waals surface area contributed by atoms with Gasteiger partial charge < -0.3 is 4.52 Å². The van der Waals surface area contributed by atoms with E-state index in [1.165, 1.54) is 0 Å². The maximum absolute atomic E-state index is 14.2. The molecule has 0 saturated carbocycles. The molecule has 0 aliphatic carbocycles. The van der Waals surface area contributed by atoms with Crippen molar-refractivity contribution < 1.29 is 21.7 Å². The Labute approximate surface area is 136 Å². The van der Waals surface area contributed by atoms with Gasteiger partial charge in [0.15, 0.2) is 9.84 Å². The summed E-state index contributed by atoms with van der Waals surface area (Å²) in [6.07, 6.45) is 3.87. The van der Waals surface area contributed by atoms with Gasteiger partial charge in [0, 0.05) is 24.2 Å². The van der Waals surface area contributed by atoms with Crippen molar-refractivity contribution in [1.29, 1.82) is 0 Å². The number of nitrogens with zero attached hydrogens (tertiary/aromatic N) is 2. The average Bonchev–Trinajstić information content (AvgIpc) is 2.87. The maximum Gasteiger partial charge on any atom is 0.181 e. The van der Waals surface area contributed by atoms with Crippen molar-refractivity contribution in [3.05, 3.63) is 54.1 Å². The van der Waals surface area contributed by atoms with Gasteiger partial charge in [-0.05, 0) is 36.8 Å². The van der Waals surface area contributed by atoms with Gasteiger partial charge in [-0.3, -0.25) is 4.98 Å². The number of hydrogen-bond donors (Lipinski definition) is 0. The lowest BCUT2D eigenvalue weighted by Crippen LogP contribution is -2.05. The summed E-state index contributed by atoms with van der Waals surface area (Å²) in [5, 5.41) is 3.91. The van der Waals surface area contributed by atoms with Crippen LogP contribution in [0.5, 0.6) is 0 Å². The second-order valence-electron chi connectivity index (χ2n) is 5.25. The van der Waals surface area contributed by atoms with E-state index in [0.29, 0.717) is 22.6 Å². The van der Waals surface area contributed by atoms with Crippen LogP contribution in [0.15, 0.2) is 46.1 Å². The minimum Gasteiger partial charge on any atom is -0.360 e. The Morgan fingerprint density at radius 1 is 1.12 bits per heavy atom. The van der Waals surface area contributed by atoms with Crippen molar-refractivity contribution in [3.8, 4) is 22.4 Å². The zero-order valence-electron chi connectivity index (χ0n) is 12.7. The van der Waals surface area contributed by atoms with E-state index in [1.807, 2.05) is 0 Å². The molecule has 2 heterocycles. The van der Waals surface area contributed by atoms with E-state index in [0.717, 1.165) is 18.4 Å². The summed E-state index contributed by atoms with van der Waals surface area (Å²) in [6.45, 7) is 1.60. The van der Waals surface area contributed by atoms with Gasteiger partial charge in [0.1, 0.15) is 28.0 Å². The van der Waals surface area contributed by atoms with Gasteiger partial charge in [-0.25, -0.2) is 17.2 Å². The summed E-state index contributed by atoms with van der Waals surface area (Å²) in [6, 6.07) is 5.33. The van der Waals surface area contributed by atoms with Crippen LogP contribution in [0.4, 0.5) is 8.78 Å². The molecule has 3 aromatic rings. The van der Waals surface area contributed by atoms with Gasteiger partial charge in [0.05, 0.1) is 5.56 Å². The molecule has 124 valence electrons. The highest BCUT2D eigenvalue weighted by Gasteiger charge is 2.24. The highest BCUT2D eigenvalue weighted by molar-refractivity contribution is 7.90. The Hall–Kier alpha value is -2.61. The van der Waals surface area contributed by atoms with E-state index < -0.39 is 26.4 Å². The molecule has 0 aliphatic heterocycles. The molecule has 0 amide bonds. The molecule has 0 bridgehead atoms. The van der Waals surface area contributed by atoms with Gasteiger partial charge in [0.25, 0.3) is 0 Å². The van der Waals surface area contributed by atoms with Crippen LogP contribution in [-0.4, -0.2) is 24.8 Å². The van der Waals surface area contributed by atoms with Gasteiger partial charge in [0.2, 0.25) is 0 Å². The molecule has 2 aromatic heterocycles. The zero-order chi connectivity index (χ0) is 17.5. The molecule has 0 spiro atoms. The number of benzene rings is 1. The van der Waals surface area contributed by atoms with Gasteiger partial charge in [-0.15, -0.1) is 0 Å². The van der Waals surface area contributed by atoms with Crippen LogP contribution in [0.1, 0.15) is 5.76 Å². The first-order valence-electron chi connectivity index (χ1n) is 6.85. The smallest absolute Gasteiger partial charge is 0.181 e. The van der Waals surface area contributed by atoms with E-state index in [-0.39, 0.29) is 5.56 Å². The topological polar surface area (TPSA) is 73.1 Å². The molecule has 0 fully saturated rings. The van der Waals surface area contributed by atoms with Crippen LogP contribution in [0.25, 0.3) is 22.4 Å². The molecule has 8 heteroatoms.